The molecule has 3 aromatic rings. The Morgan fingerprint density at radius 1 is 0.585 bits per heavy atom. The van der Waals surface area contributed by atoms with E-state index in [0.29, 0.717) is 66.8 Å². The molecule has 216 valence electrons. The maximum absolute atomic E-state index is 12.5. The largest absolute Gasteiger partial charge is 0.494 e. The Bertz CT molecular complexity index is 1250. The van der Waals surface area contributed by atoms with Crippen molar-refractivity contribution in [1.29, 1.82) is 0 Å². The molecule has 8 heteroatoms. The molecule has 0 saturated carbocycles. The molecule has 3 aromatic carbocycles. The number of hydrogen-bond donors (Lipinski definition) is 0. The second kappa shape index (κ2) is 17.2. The summed E-state index contributed by atoms with van der Waals surface area (Å²) < 4.78 is 27.1. The fourth-order valence-electron chi connectivity index (χ4n) is 3.63. The molecule has 3 rings (SSSR count). The van der Waals surface area contributed by atoms with E-state index in [0.717, 1.165) is 18.9 Å². The van der Waals surface area contributed by atoms with Gasteiger partial charge in [0.1, 0.15) is 23.0 Å². The van der Waals surface area contributed by atoms with E-state index >= 15 is 0 Å². The van der Waals surface area contributed by atoms with E-state index in [1.807, 2.05) is 0 Å². The van der Waals surface area contributed by atoms with E-state index in [4.69, 9.17) is 23.7 Å². The number of unbranched alkanes of at least 4 members (excludes halogenated alkanes) is 4. The van der Waals surface area contributed by atoms with E-state index in [-0.39, 0.29) is 0 Å². The van der Waals surface area contributed by atoms with Crippen LogP contribution in [-0.4, -0.2) is 37.7 Å². The van der Waals surface area contributed by atoms with Crippen molar-refractivity contribution in [2.45, 2.75) is 45.4 Å². The van der Waals surface area contributed by atoms with Gasteiger partial charge in [0.15, 0.2) is 0 Å². The van der Waals surface area contributed by atoms with Crippen molar-refractivity contribution < 1.29 is 38.1 Å². The van der Waals surface area contributed by atoms with Crippen molar-refractivity contribution in [3.05, 3.63) is 96.6 Å². The first kappa shape index (κ1) is 30.9. The number of carbonyl (C=O) groups excluding carboxylic acids is 3. The lowest BCUT2D eigenvalue weighted by molar-refractivity contribution is -0.137. The third-order valence-electron chi connectivity index (χ3n) is 5.91. The zero-order chi connectivity index (χ0) is 29.3. The van der Waals surface area contributed by atoms with Gasteiger partial charge in [-0.1, -0.05) is 32.8 Å². The molecule has 0 aliphatic rings. The van der Waals surface area contributed by atoms with Crippen LogP contribution >= 0.6 is 0 Å². The van der Waals surface area contributed by atoms with Crippen LogP contribution < -0.4 is 18.9 Å². The Balaban J connectivity index is 1.40. The first-order valence-electron chi connectivity index (χ1n) is 13.8. The molecule has 0 aliphatic heterocycles. The Morgan fingerprint density at radius 3 is 1.44 bits per heavy atom. The van der Waals surface area contributed by atoms with Gasteiger partial charge in [0, 0.05) is 6.08 Å². The molecule has 0 radical (unpaired) electrons. The van der Waals surface area contributed by atoms with Crippen molar-refractivity contribution in [3.8, 4) is 23.0 Å². The maximum atomic E-state index is 12.5. The molecule has 0 spiro atoms. The molecular weight excluding hydrogens is 524 g/mol. The summed E-state index contributed by atoms with van der Waals surface area (Å²) in [6.45, 7) is 6.92. The second-order valence-electron chi connectivity index (χ2n) is 9.14. The van der Waals surface area contributed by atoms with Crippen molar-refractivity contribution in [2.75, 3.05) is 19.8 Å². The summed E-state index contributed by atoms with van der Waals surface area (Å²) in [7, 11) is 0. The highest BCUT2D eigenvalue weighted by Crippen LogP contribution is 2.21. The Hall–Kier alpha value is -4.59. The number of ether oxygens (including phenoxy) is 5. The van der Waals surface area contributed by atoms with Crippen LogP contribution in [0.5, 0.6) is 23.0 Å². The average Bonchev–Trinajstić information content (AvgIpc) is 3.00. The standard InChI is InChI=1S/C33H36O8/c1-3-5-6-7-22-37-27-14-10-25(11-15-27)32(35)40-29-18-20-30(21-19-29)41-33(36)26-12-16-28(17-13-26)38-23-8-9-24-39-31(34)4-2/h4,10-21H,2-3,5-9,22-24H2,1H3. The van der Waals surface area contributed by atoms with Gasteiger partial charge in [-0.2, -0.15) is 0 Å². The minimum atomic E-state index is -0.530. The van der Waals surface area contributed by atoms with Gasteiger partial charge < -0.3 is 23.7 Å². The summed E-state index contributed by atoms with van der Waals surface area (Å²) >= 11 is 0. The topological polar surface area (TPSA) is 97.4 Å². The number of hydrogen-bond acceptors (Lipinski definition) is 8. The molecule has 0 atom stereocenters. The molecule has 0 saturated heterocycles. The highest BCUT2D eigenvalue weighted by atomic mass is 16.5. The van der Waals surface area contributed by atoms with Crippen LogP contribution in [0.1, 0.15) is 66.2 Å². The van der Waals surface area contributed by atoms with E-state index in [1.54, 1.807) is 72.8 Å². The van der Waals surface area contributed by atoms with Crippen molar-refractivity contribution in [3.63, 3.8) is 0 Å². The molecule has 0 aliphatic carbocycles. The van der Waals surface area contributed by atoms with Gasteiger partial charge in [-0.3, -0.25) is 0 Å². The van der Waals surface area contributed by atoms with Crippen LogP contribution in [0.4, 0.5) is 0 Å². The summed E-state index contributed by atoms with van der Waals surface area (Å²) in [5, 5.41) is 0. The fourth-order valence-corrected chi connectivity index (χ4v) is 3.63. The van der Waals surface area contributed by atoms with Crippen molar-refractivity contribution in [2.24, 2.45) is 0 Å². The second-order valence-corrected chi connectivity index (χ2v) is 9.14. The Labute approximate surface area is 240 Å². The molecule has 41 heavy (non-hydrogen) atoms. The minimum absolute atomic E-state index is 0.311. The van der Waals surface area contributed by atoms with Crippen LogP contribution in [0.2, 0.25) is 0 Å². The first-order valence-corrected chi connectivity index (χ1v) is 13.8. The van der Waals surface area contributed by atoms with E-state index in [9.17, 15) is 14.4 Å². The Morgan fingerprint density at radius 2 is 1.00 bits per heavy atom. The zero-order valence-corrected chi connectivity index (χ0v) is 23.3. The summed E-state index contributed by atoms with van der Waals surface area (Å²) in [4.78, 5) is 36.0. The van der Waals surface area contributed by atoms with Gasteiger partial charge in [0.25, 0.3) is 0 Å². The number of benzene rings is 3. The van der Waals surface area contributed by atoms with Crippen molar-refractivity contribution in [1.82, 2.24) is 0 Å². The quantitative estimate of drug-likeness (QED) is 0.0756. The van der Waals surface area contributed by atoms with Crippen LogP contribution in [-0.2, 0) is 9.53 Å². The molecule has 0 aromatic heterocycles. The van der Waals surface area contributed by atoms with E-state index < -0.39 is 17.9 Å². The van der Waals surface area contributed by atoms with E-state index in [1.165, 1.54) is 12.8 Å². The lowest BCUT2D eigenvalue weighted by atomic mass is 10.2. The maximum Gasteiger partial charge on any atom is 0.343 e. The van der Waals surface area contributed by atoms with Crippen LogP contribution in [0.25, 0.3) is 0 Å². The number of carbonyl (C=O) groups is 3. The molecule has 0 heterocycles. The Kier molecular flexibility index (Phi) is 13.0. The fraction of sp³-hybridized carbons (Fsp3) is 0.303. The summed E-state index contributed by atoms with van der Waals surface area (Å²) in [5.74, 6) is 0.496. The SMILES string of the molecule is C=CC(=O)OCCCCOc1ccc(C(=O)Oc2ccc(OC(=O)c3ccc(OCCCCCC)cc3)cc2)cc1. The minimum Gasteiger partial charge on any atom is -0.494 e. The zero-order valence-electron chi connectivity index (χ0n) is 23.3. The normalized spacial score (nSPS) is 10.4. The molecule has 0 N–H and O–H groups in total. The molecule has 0 amide bonds. The highest BCUT2D eigenvalue weighted by Gasteiger charge is 2.12. The van der Waals surface area contributed by atoms with Gasteiger partial charge in [0.05, 0.1) is 30.9 Å². The predicted octanol–water partition coefficient (Wildman–Crippen LogP) is 6.97. The van der Waals surface area contributed by atoms with Gasteiger partial charge >= 0.3 is 17.9 Å². The van der Waals surface area contributed by atoms with Crippen LogP contribution in [0.3, 0.4) is 0 Å². The van der Waals surface area contributed by atoms with E-state index in [2.05, 4.69) is 13.5 Å². The molecule has 0 unspecified atom stereocenters. The van der Waals surface area contributed by atoms with Gasteiger partial charge in [-0.25, -0.2) is 14.4 Å². The van der Waals surface area contributed by atoms with Gasteiger partial charge in [-0.05, 0) is 92.1 Å². The van der Waals surface area contributed by atoms with Crippen LogP contribution in [0.15, 0.2) is 85.5 Å². The number of esters is 3. The third-order valence-corrected chi connectivity index (χ3v) is 5.91. The summed E-state index contributed by atoms with van der Waals surface area (Å²) in [6.07, 6.45) is 7.03. The smallest absolute Gasteiger partial charge is 0.343 e. The first-order chi connectivity index (χ1) is 20.0. The summed E-state index contributed by atoms with van der Waals surface area (Å²) in [5.41, 5.74) is 0.762. The average molecular weight is 561 g/mol. The summed E-state index contributed by atoms with van der Waals surface area (Å²) in [6, 6.07) is 19.7. The van der Waals surface area contributed by atoms with Gasteiger partial charge in [-0.15, -0.1) is 0 Å². The number of rotatable bonds is 17. The molecule has 0 bridgehead atoms. The molecule has 8 nitrogen and oxygen atoms in total. The monoisotopic (exact) mass is 560 g/mol. The highest BCUT2D eigenvalue weighted by molar-refractivity contribution is 5.92. The molecular formula is C33H36O8. The molecule has 0 fully saturated rings. The predicted molar refractivity (Wildman–Crippen MR) is 155 cm³/mol. The van der Waals surface area contributed by atoms with Gasteiger partial charge in [0.2, 0.25) is 0 Å². The third kappa shape index (κ3) is 11.2. The lowest BCUT2D eigenvalue weighted by Crippen LogP contribution is -2.10. The van der Waals surface area contributed by atoms with Crippen molar-refractivity contribution >= 4 is 17.9 Å². The lowest BCUT2D eigenvalue weighted by Gasteiger charge is -2.09. The van der Waals surface area contributed by atoms with Crippen LogP contribution in [0, 0.1) is 0 Å².